The summed E-state index contributed by atoms with van der Waals surface area (Å²) in [5, 5.41) is 0. The summed E-state index contributed by atoms with van der Waals surface area (Å²) < 4.78 is 29.9. The van der Waals surface area contributed by atoms with Crippen molar-refractivity contribution in [2.45, 2.75) is 45.0 Å². The van der Waals surface area contributed by atoms with Gasteiger partial charge in [-0.15, -0.1) is 0 Å². The Bertz CT molecular complexity index is 730. The highest BCUT2D eigenvalue weighted by Gasteiger charge is 2.48. The number of sulfone groups is 1. The molecule has 7 nitrogen and oxygen atoms in total. The topological polar surface area (TPSA) is 79.8 Å². The van der Waals surface area contributed by atoms with Crippen molar-refractivity contribution in [3.05, 3.63) is 30.1 Å². The molecule has 3 heterocycles. The molecule has 2 atom stereocenters. The molecule has 0 N–H and O–H groups in total. The molecule has 0 unspecified atom stereocenters. The maximum atomic E-state index is 12.5. The molecule has 1 aromatic rings. The third-order valence-electron chi connectivity index (χ3n) is 4.55. The van der Waals surface area contributed by atoms with Crippen molar-refractivity contribution in [2.75, 3.05) is 24.6 Å². The zero-order valence-electron chi connectivity index (χ0n) is 14.9. The molecular weight excluding hydrogens is 342 g/mol. The van der Waals surface area contributed by atoms with Crippen LogP contribution in [-0.2, 0) is 21.1 Å². The van der Waals surface area contributed by atoms with Gasteiger partial charge < -0.3 is 9.64 Å². The summed E-state index contributed by atoms with van der Waals surface area (Å²) in [6.45, 7) is 7.19. The number of nitrogens with zero attached hydrogens (tertiary/aromatic N) is 3. The Hall–Kier alpha value is -1.67. The lowest BCUT2D eigenvalue weighted by Gasteiger charge is -2.44. The van der Waals surface area contributed by atoms with Crippen LogP contribution < -0.4 is 0 Å². The molecule has 3 rings (SSSR count). The fourth-order valence-electron chi connectivity index (χ4n) is 3.49. The molecule has 2 saturated heterocycles. The van der Waals surface area contributed by atoms with E-state index in [1.807, 2.05) is 32.9 Å². The highest BCUT2D eigenvalue weighted by Crippen LogP contribution is 2.29. The number of hydrogen-bond donors (Lipinski definition) is 0. The third-order valence-corrected chi connectivity index (χ3v) is 6.25. The summed E-state index contributed by atoms with van der Waals surface area (Å²) in [6, 6.07) is 3.31. The monoisotopic (exact) mass is 367 g/mol. The van der Waals surface area contributed by atoms with E-state index in [4.69, 9.17) is 4.74 Å². The summed E-state index contributed by atoms with van der Waals surface area (Å²) in [4.78, 5) is 20.3. The van der Waals surface area contributed by atoms with Crippen LogP contribution in [0.3, 0.4) is 0 Å². The van der Waals surface area contributed by atoms with Gasteiger partial charge in [-0.1, -0.05) is 0 Å². The van der Waals surface area contributed by atoms with Crippen LogP contribution in [0.2, 0.25) is 0 Å². The van der Waals surface area contributed by atoms with E-state index < -0.39 is 21.5 Å². The number of hydrogen-bond acceptors (Lipinski definition) is 6. The molecule has 8 heteroatoms. The van der Waals surface area contributed by atoms with Crippen molar-refractivity contribution >= 4 is 15.9 Å². The Balaban J connectivity index is 1.79. The molecule has 2 fully saturated rings. The molecule has 1 amide bonds. The largest absolute Gasteiger partial charge is 0.444 e. The van der Waals surface area contributed by atoms with Crippen LogP contribution in [0.1, 0.15) is 26.3 Å². The first-order valence-corrected chi connectivity index (χ1v) is 10.3. The molecule has 0 saturated carbocycles. The molecule has 25 heavy (non-hydrogen) atoms. The molecule has 0 bridgehead atoms. The van der Waals surface area contributed by atoms with Crippen LogP contribution in [-0.4, -0.2) is 71.6 Å². The molecule has 0 spiro atoms. The predicted octanol–water partition coefficient (Wildman–Crippen LogP) is 1.30. The van der Waals surface area contributed by atoms with Gasteiger partial charge in [-0.3, -0.25) is 9.88 Å². The number of amides is 1. The molecule has 2 aliphatic rings. The lowest BCUT2D eigenvalue weighted by molar-refractivity contribution is -0.0105. The lowest BCUT2D eigenvalue weighted by atomic mass is 10.0. The van der Waals surface area contributed by atoms with Crippen LogP contribution in [0.4, 0.5) is 4.79 Å². The van der Waals surface area contributed by atoms with Gasteiger partial charge in [-0.05, 0) is 38.5 Å². The van der Waals surface area contributed by atoms with Gasteiger partial charge in [0, 0.05) is 38.1 Å². The summed E-state index contributed by atoms with van der Waals surface area (Å²) in [7, 11) is -3.17. The first-order chi connectivity index (χ1) is 11.6. The summed E-state index contributed by atoms with van der Waals surface area (Å²) in [5.74, 6) is 0.0891. The minimum atomic E-state index is -3.17. The maximum Gasteiger partial charge on any atom is 0.410 e. The van der Waals surface area contributed by atoms with Crippen LogP contribution in [0.5, 0.6) is 0 Å². The molecule has 2 aliphatic heterocycles. The van der Waals surface area contributed by atoms with E-state index in [9.17, 15) is 13.2 Å². The SMILES string of the molecule is CC(C)(C)OC(=O)N1CCN(Cc2ccncc2)[C@H]2CS(=O)(=O)C[C@@H]21. The van der Waals surface area contributed by atoms with E-state index in [1.165, 1.54) is 0 Å². The molecule has 0 aromatic carbocycles. The van der Waals surface area contributed by atoms with Gasteiger partial charge >= 0.3 is 6.09 Å². The Morgan fingerprint density at radius 2 is 1.84 bits per heavy atom. The van der Waals surface area contributed by atoms with Gasteiger partial charge in [0.15, 0.2) is 9.84 Å². The van der Waals surface area contributed by atoms with Crippen LogP contribution >= 0.6 is 0 Å². The van der Waals surface area contributed by atoms with Gasteiger partial charge in [-0.25, -0.2) is 13.2 Å². The van der Waals surface area contributed by atoms with Crippen molar-refractivity contribution in [1.29, 1.82) is 0 Å². The smallest absolute Gasteiger partial charge is 0.410 e. The van der Waals surface area contributed by atoms with Gasteiger partial charge in [0.25, 0.3) is 0 Å². The van der Waals surface area contributed by atoms with E-state index in [1.54, 1.807) is 17.3 Å². The highest BCUT2D eigenvalue weighted by molar-refractivity contribution is 7.91. The zero-order chi connectivity index (χ0) is 18.2. The Morgan fingerprint density at radius 1 is 1.20 bits per heavy atom. The van der Waals surface area contributed by atoms with Gasteiger partial charge in [-0.2, -0.15) is 0 Å². The van der Waals surface area contributed by atoms with Gasteiger partial charge in [0.05, 0.1) is 17.5 Å². The van der Waals surface area contributed by atoms with Crippen LogP contribution in [0.15, 0.2) is 24.5 Å². The van der Waals surface area contributed by atoms with E-state index in [0.29, 0.717) is 19.6 Å². The van der Waals surface area contributed by atoms with Crippen LogP contribution in [0.25, 0.3) is 0 Å². The second-order valence-electron chi connectivity index (χ2n) is 7.71. The molecule has 1 aromatic heterocycles. The number of carbonyl (C=O) groups excluding carboxylic acids is 1. The number of ether oxygens (including phenoxy) is 1. The zero-order valence-corrected chi connectivity index (χ0v) is 15.7. The Morgan fingerprint density at radius 3 is 2.48 bits per heavy atom. The minimum absolute atomic E-state index is 0.00372. The Labute approximate surface area is 148 Å². The third kappa shape index (κ3) is 4.30. The number of carbonyl (C=O) groups is 1. The van der Waals surface area contributed by atoms with E-state index >= 15 is 0 Å². The van der Waals surface area contributed by atoms with Crippen molar-refractivity contribution in [3.8, 4) is 0 Å². The van der Waals surface area contributed by atoms with Gasteiger partial charge in [0.2, 0.25) is 0 Å². The second kappa shape index (κ2) is 6.57. The number of piperazine rings is 1. The fraction of sp³-hybridized carbons (Fsp3) is 0.647. The number of pyridine rings is 1. The average molecular weight is 367 g/mol. The summed E-state index contributed by atoms with van der Waals surface area (Å²) >= 11 is 0. The van der Waals surface area contributed by atoms with Crippen molar-refractivity contribution in [2.24, 2.45) is 0 Å². The fourth-order valence-corrected chi connectivity index (χ4v) is 5.50. The van der Waals surface area contributed by atoms with Gasteiger partial charge in [0.1, 0.15) is 5.60 Å². The quantitative estimate of drug-likeness (QED) is 0.784. The van der Waals surface area contributed by atoms with E-state index in [0.717, 1.165) is 5.56 Å². The minimum Gasteiger partial charge on any atom is -0.444 e. The first-order valence-electron chi connectivity index (χ1n) is 8.48. The van der Waals surface area contributed by atoms with Crippen LogP contribution in [0, 0.1) is 0 Å². The summed E-state index contributed by atoms with van der Waals surface area (Å²) in [6.07, 6.45) is 3.03. The molecular formula is C17H25N3O4S. The van der Waals surface area contributed by atoms with Crippen molar-refractivity contribution in [3.63, 3.8) is 0 Å². The van der Waals surface area contributed by atoms with E-state index in [-0.39, 0.29) is 23.6 Å². The molecule has 138 valence electrons. The predicted molar refractivity (Wildman–Crippen MR) is 93.8 cm³/mol. The maximum absolute atomic E-state index is 12.5. The lowest BCUT2D eigenvalue weighted by Crippen LogP contribution is -2.60. The van der Waals surface area contributed by atoms with E-state index in [2.05, 4.69) is 9.88 Å². The number of aromatic nitrogens is 1. The summed E-state index contributed by atoms with van der Waals surface area (Å²) in [5.41, 5.74) is 0.488. The Kier molecular flexibility index (Phi) is 4.76. The highest BCUT2D eigenvalue weighted by atomic mass is 32.2. The molecule has 0 radical (unpaired) electrons. The van der Waals surface area contributed by atoms with Crippen molar-refractivity contribution < 1.29 is 17.9 Å². The number of rotatable bonds is 2. The van der Waals surface area contributed by atoms with Crippen molar-refractivity contribution in [1.82, 2.24) is 14.8 Å². The normalized spacial score (nSPS) is 26.3. The molecule has 0 aliphatic carbocycles. The first kappa shape index (κ1) is 18.1. The standard InChI is InChI=1S/C17H25N3O4S/c1-17(2,3)24-16(21)20-9-8-19(10-13-4-6-18-7-5-13)14-11-25(22,23)12-15(14)20/h4-7,14-15H,8-12H2,1-3H3/t14-,15-/m0/s1. The second-order valence-corrected chi connectivity index (χ2v) is 9.87. The average Bonchev–Trinajstić information content (AvgIpc) is 2.82. The number of fused-ring (bicyclic) bond motifs is 1.